The number of halogens is 1. The standard InChI is InChI=1S/C25H27FN2OS/c1-17-6-7-18(16-24-27-14-15-30-24)8-13-21(17)19-9-11-20(12-10-19)28-25(29)22-4-2-3-5-23(22)26/h2-5,9,11-12,14-17,19,21H,6-8,10,13H2,1H3,(H,28,29). The number of hydrogen-bond donors (Lipinski definition) is 1. The van der Waals surface area contributed by atoms with Crippen LogP contribution in [0.3, 0.4) is 0 Å². The summed E-state index contributed by atoms with van der Waals surface area (Å²) >= 11 is 1.69. The van der Waals surface area contributed by atoms with Crippen LogP contribution < -0.4 is 5.32 Å². The molecule has 2 aliphatic carbocycles. The SMILES string of the molecule is CC1CCC(=Cc2nccs2)CCC1C1C=CC(NC(=O)c2ccccc2F)=CC1. The molecule has 1 fully saturated rings. The summed E-state index contributed by atoms with van der Waals surface area (Å²) < 4.78 is 13.8. The number of aromatic nitrogens is 1. The third kappa shape index (κ3) is 4.96. The Morgan fingerprint density at radius 2 is 2.10 bits per heavy atom. The van der Waals surface area contributed by atoms with Crippen molar-refractivity contribution in [3.05, 3.63) is 81.7 Å². The van der Waals surface area contributed by atoms with Crippen molar-refractivity contribution < 1.29 is 9.18 Å². The lowest BCUT2D eigenvalue weighted by molar-refractivity contribution is 0.0962. The van der Waals surface area contributed by atoms with Gasteiger partial charge in [0, 0.05) is 17.3 Å². The number of hydrogen-bond acceptors (Lipinski definition) is 3. The molecule has 30 heavy (non-hydrogen) atoms. The van der Waals surface area contributed by atoms with Gasteiger partial charge in [-0.05, 0) is 74.1 Å². The number of carbonyl (C=O) groups excluding carboxylic acids is 1. The fourth-order valence-corrected chi connectivity index (χ4v) is 5.16. The van der Waals surface area contributed by atoms with E-state index in [0.29, 0.717) is 17.8 Å². The third-order valence-electron chi connectivity index (χ3n) is 6.29. The number of allylic oxidation sites excluding steroid dienone is 4. The molecule has 2 aromatic rings. The summed E-state index contributed by atoms with van der Waals surface area (Å²) in [5.41, 5.74) is 2.34. The highest BCUT2D eigenvalue weighted by molar-refractivity contribution is 7.10. The Bertz CT molecular complexity index is 977. The zero-order valence-electron chi connectivity index (χ0n) is 17.2. The summed E-state index contributed by atoms with van der Waals surface area (Å²) in [5, 5.41) is 5.96. The first-order valence-corrected chi connectivity index (χ1v) is 11.5. The Kier molecular flexibility index (Phi) is 6.58. The van der Waals surface area contributed by atoms with Crippen molar-refractivity contribution in [2.45, 2.75) is 39.0 Å². The highest BCUT2D eigenvalue weighted by atomic mass is 32.1. The van der Waals surface area contributed by atoms with Crippen LogP contribution >= 0.6 is 11.3 Å². The topological polar surface area (TPSA) is 42.0 Å². The van der Waals surface area contributed by atoms with E-state index in [1.807, 2.05) is 17.7 Å². The van der Waals surface area contributed by atoms with Gasteiger partial charge in [0.05, 0.1) is 5.56 Å². The zero-order valence-corrected chi connectivity index (χ0v) is 18.0. The van der Waals surface area contributed by atoms with Crippen molar-refractivity contribution in [3.63, 3.8) is 0 Å². The molecule has 1 N–H and O–H groups in total. The maximum Gasteiger partial charge on any atom is 0.258 e. The average Bonchev–Trinajstić information content (AvgIpc) is 3.19. The Morgan fingerprint density at radius 1 is 1.27 bits per heavy atom. The first-order chi connectivity index (χ1) is 14.6. The number of amides is 1. The minimum absolute atomic E-state index is 0.0749. The van der Waals surface area contributed by atoms with Crippen molar-refractivity contribution in [1.82, 2.24) is 10.3 Å². The maximum absolute atomic E-state index is 13.8. The van der Waals surface area contributed by atoms with Crippen molar-refractivity contribution >= 4 is 23.3 Å². The fourth-order valence-electron chi connectivity index (χ4n) is 4.54. The molecule has 5 heteroatoms. The lowest BCUT2D eigenvalue weighted by atomic mass is 9.76. The zero-order chi connectivity index (χ0) is 20.9. The second-order valence-electron chi connectivity index (χ2n) is 8.24. The molecule has 3 unspecified atom stereocenters. The molecule has 0 bridgehead atoms. The van der Waals surface area contributed by atoms with Crippen molar-refractivity contribution in [1.29, 1.82) is 0 Å². The number of benzene rings is 1. The number of rotatable bonds is 4. The van der Waals surface area contributed by atoms with Gasteiger partial charge in [-0.15, -0.1) is 11.3 Å². The summed E-state index contributed by atoms with van der Waals surface area (Å²) in [6.07, 6.45) is 16.0. The van der Waals surface area contributed by atoms with Crippen LogP contribution in [0.1, 0.15) is 54.4 Å². The number of thiazole rings is 1. The average molecular weight is 423 g/mol. The van der Waals surface area contributed by atoms with E-state index in [4.69, 9.17) is 0 Å². The highest BCUT2D eigenvalue weighted by Gasteiger charge is 2.28. The molecule has 4 rings (SSSR count). The monoisotopic (exact) mass is 422 g/mol. The maximum atomic E-state index is 13.8. The molecule has 0 radical (unpaired) electrons. The molecule has 156 valence electrons. The van der Waals surface area contributed by atoms with E-state index in [9.17, 15) is 9.18 Å². The number of carbonyl (C=O) groups is 1. The molecule has 0 spiro atoms. The Labute approximate surface area is 181 Å². The van der Waals surface area contributed by atoms with Gasteiger partial charge in [-0.1, -0.05) is 36.8 Å². The van der Waals surface area contributed by atoms with Gasteiger partial charge in [0.25, 0.3) is 5.91 Å². The van der Waals surface area contributed by atoms with Crippen LogP contribution in [0.25, 0.3) is 6.08 Å². The van der Waals surface area contributed by atoms with Crippen LogP contribution in [0.15, 0.2) is 65.3 Å². The van der Waals surface area contributed by atoms with Crippen LogP contribution in [-0.4, -0.2) is 10.9 Å². The first kappa shape index (κ1) is 20.7. The predicted octanol–water partition coefficient (Wildman–Crippen LogP) is 6.38. The molecule has 1 aromatic carbocycles. The third-order valence-corrected chi connectivity index (χ3v) is 7.01. The Hall–Kier alpha value is -2.53. The van der Waals surface area contributed by atoms with E-state index in [1.165, 1.54) is 30.5 Å². The molecule has 0 saturated heterocycles. The van der Waals surface area contributed by atoms with Gasteiger partial charge in [-0.25, -0.2) is 9.37 Å². The molecule has 1 aromatic heterocycles. The van der Waals surface area contributed by atoms with E-state index >= 15 is 0 Å². The Morgan fingerprint density at radius 3 is 2.83 bits per heavy atom. The van der Waals surface area contributed by atoms with Gasteiger partial charge < -0.3 is 5.32 Å². The van der Waals surface area contributed by atoms with Crippen molar-refractivity contribution in [3.8, 4) is 0 Å². The summed E-state index contributed by atoms with van der Waals surface area (Å²) in [6.45, 7) is 2.37. The van der Waals surface area contributed by atoms with Crippen LogP contribution in [0.4, 0.5) is 4.39 Å². The summed E-state index contributed by atoms with van der Waals surface area (Å²) in [4.78, 5) is 16.7. The minimum atomic E-state index is -0.498. The summed E-state index contributed by atoms with van der Waals surface area (Å²) in [7, 11) is 0. The van der Waals surface area contributed by atoms with Gasteiger partial charge in [0.15, 0.2) is 0 Å². The molecule has 1 amide bonds. The van der Waals surface area contributed by atoms with Gasteiger partial charge >= 0.3 is 0 Å². The van der Waals surface area contributed by atoms with Gasteiger partial charge in [0.1, 0.15) is 10.8 Å². The van der Waals surface area contributed by atoms with Gasteiger partial charge in [-0.3, -0.25) is 4.79 Å². The molecule has 2 aliphatic rings. The summed E-state index contributed by atoms with van der Waals surface area (Å²) in [5.74, 6) is 0.867. The predicted molar refractivity (Wildman–Crippen MR) is 120 cm³/mol. The Balaban J connectivity index is 1.36. The second-order valence-corrected chi connectivity index (χ2v) is 9.17. The highest BCUT2D eigenvalue weighted by Crippen LogP contribution is 2.39. The molecule has 3 nitrogen and oxygen atoms in total. The van der Waals surface area contributed by atoms with Crippen LogP contribution in [0, 0.1) is 23.6 Å². The van der Waals surface area contributed by atoms with E-state index in [2.05, 4.69) is 35.5 Å². The molecule has 3 atom stereocenters. The lowest BCUT2D eigenvalue weighted by Gasteiger charge is -2.29. The van der Waals surface area contributed by atoms with E-state index in [1.54, 1.807) is 23.5 Å². The normalized spacial score (nSPS) is 25.6. The van der Waals surface area contributed by atoms with E-state index < -0.39 is 11.7 Å². The van der Waals surface area contributed by atoms with E-state index in [-0.39, 0.29) is 5.56 Å². The lowest BCUT2D eigenvalue weighted by Crippen LogP contribution is -2.26. The van der Waals surface area contributed by atoms with Crippen LogP contribution in [0.5, 0.6) is 0 Å². The van der Waals surface area contributed by atoms with Crippen molar-refractivity contribution in [2.24, 2.45) is 17.8 Å². The summed E-state index contributed by atoms with van der Waals surface area (Å²) in [6, 6.07) is 6.07. The van der Waals surface area contributed by atoms with Crippen molar-refractivity contribution in [2.75, 3.05) is 0 Å². The molecular weight excluding hydrogens is 395 g/mol. The van der Waals surface area contributed by atoms with Crippen LogP contribution in [0.2, 0.25) is 0 Å². The number of nitrogens with zero attached hydrogens (tertiary/aromatic N) is 1. The molecule has 1 heterocycles. The quantitative estimate of drug-likeness (QED) is 0.581. The molecular formula is C25H27FN2OS. The van der Waals surface area contributed by atoms with Gasteiger partial charge in [-0.2, -0.15) is 0 Å². The van der Waals surface area contributed by atoms with E-state index in [0.717, 1.165) is 30.0 Å². The molecule has 0 aliphatic heterocycles. The second kappa shape index (κ2) is 9.52. The minimum Gasteiger partial charge on any atom is -0.322 e. The van der Waals surface area contributed by atoms with Gasteiger partial charge in [0.2, 0.25) is 0 Å². The molecule has 1 saturated carbocycles. The number of nitrogens with one attached hydrogen (secondary N) is 1. The fraction of sp³-hybridized carbons (Fsp3) is 0.360. The first-order valence-electron chi connectivity index (χ1n) is 10.6. The smallest absolute Gasteiger partial charge is 0.258 e. The van der Waals surface area contributed by atoms with Crippen LogP contribution in [-0.2, 0) is 0 Å². The largest absolute Gasteiger partial charge is 0.322 e.